The Morgan fingerprint density at radius 2 is 1.27 bits per heavy atom. The van der Waals surface area contributed by atoms with Crippen LogP contribution < -0.4 is 5.90 Å². The van der Waals surface area contributed by atoms with Gasteiger partial charge in [0.05, 0.1) is 12.2 Å². The van der Waals surface area contributed by atoms with Crippen LogP contribution in [-0.4, -0.2) is 17.3 Å². The summed E-state index contributed by atoms with van der Waals surface area (Å²) in [4.78, 5) is 4.69. The fraction of sp³-hybridized carbons (Fsp3) is 1.00. The first-order chi connectivity index (χ1) is 7.33. The van der Waals surface area contributed by atoms with Crippen molar-refractivity contribution in [1.82, 2.24) is 0 Å². The van der Waals surface area contributed by atoms with E-state index in [1.54, 1.807) is 0 Å². The Bertz CT molecular complexity index is 141. The van der Waals surface area contributed by atoms with Crippen molar-refractivity contribution in [3.63, 3.8) is 0 Å². The molecule has 0 radical (unpaired) electrons. The SMILES string of the molecule is NOC1CCCCC1.OC1CCCCC1. The monoisotopic (exact) mass is 215 g/mol. The van der Waals surface area contributed by atoms with E-state index in [1.165, 1.54) is 38.5 Å². The van der Waals surface area contributed by atoms with Crippen LogP contribution in [0.25, 0.3) is 0 Å². The highest BCUT2D eigenvalue weighted by Crippen LogP contribution is 2.18. The van der Waals surface area contributed by atoms with Crippen molar-refractivity contribution in [3.8, 4) is 0 Å². The maximum atomic E-state index is 8.91. The van der Waals surface area contributed by atoms with Crippen LogP contribution >= 0.6 is 0 Å². The predicted octanol–water partition coefficient (Wildman–Crippen LogP) is 2.52. The minimum absolute atomic E-state index is 0.0359. The second kappa shape index (κ2) is 8.08. The third kappa shape index (κ3) is 6.13. The van der Waals surface area contributed by atoms with E-state index in [-0.39, 0.29) is 6.10 Å². The maximum Gasteiger partial charge on any atom is 0.0787 e. The van der Waals surface area contributed by atoms with E-state index < -0.39 is 0 Å². The minimum atomic E-state index is 0.0359. The Morgan fingerprint density at radius 1 is 0.800 bits per heavy atom. The van der Waals surface area contributed by atoms with Crippen molar-refractivity contribution in [3.05, 3.63) is 0 Å². The summed E-state index contributed by atoms with van der Waals surface area (Å²) >= 11 is 0. The molecule has 2 aliphatic carbocycles. The molecular weight excluding hydrogens is 190 g/mol. The average Bonchev–Trinajstić information content (AvgIpc) is 2.32. The van der Waals surface area contributed by atoms with Gasteiger partial charge in [-0.2, -0.15) is 0 Å². The van der Waals surface area contributed by atoms with Gasteiger partial charge in [-0.25, -0.2) is 5.90 Å². The molecule has 2 rings (SSSR count). The molecule has 3 N–H and O–H groups in total. The van der Waals surface area contributed by atoms with Crippen molar-refractivity contribution in [2.24, 2.45) is 5.90 Å². The molecule has 90 valence electrons. The zero-order valence-corrected chi connectivity index (χ0v) is 9.66. The zero-order chi connectivity index (χ0) is 10.9. The van der Waals surface area contributed by atoms with Crippen LogP contribution in [-0.2, 0) is 4.84 Å². The average molecular weight is 215 g/mol. The Morgan fingerprint density at radius 3 is 1.53 bits per heavy atom. The standard InChI is InChI=1S/C6H13NO.C6H12O/c7-8-6-4-2-1-3-5-6;7-6-4-2-1-3-5-6/h6H,1-5,7H2;6-7H,1-5H2. The van der Waals surface area contributed by atoms with E-state index in [0.29, 0.717) is 6.10 Å². The maximum absolute atomic E-state index is 8.91. The molecule has 0 bridgehead atoms. The summed E-state index contributed by atoms with van der Waals surface area (Å²) in [7, 11) is 0. The fourth-order valence-electron chi connectivity index (χ4n) is 2.28. The number of aliphatic hydroxyl groups is 1. The number of aliphatic hydroxyl groups excluding tert-OH is 1. The topological polar surface area (TPSA) is 55.5 Å². The first-order valence-electron chi connectivity index (χ1n) is 6.36. The lowest BCUT2D eigenvalue weighted by Gasteiger charge is -2.18. The van der Waals surface area contributed by atoms with Gasteiger partial charge in [0.1, 0.15) is 0 Å². The minimum Gasteiger partial charge on any atom is -0.393 e. The van der Waals surface area contributed by atoms with Crippen LogP contribution in [0.2, 0.25) is 0 Å². The van der Waals surface area contributed by atoms with Crippen LogP contribution in [0.15, 0.2) is 0 Å². The van der Waals surface area contributed by atoms with Crippen LogP contribution in [0, 0.1) is 0 Å². The molecule has 2 fully saturated rings. The number of hydrogen-bond donors (Lipinski definition) is 2. The molecule has 0 unspecified atom stereocenters. The van der Waals surface area contributed by atoms with Crippen molar-refractivity contribution in [2.45, 2.75) is 76.4 Å². The Kier molecular flexibility index (Phi) is 6.98. The normalized spacial score (nSPS) is 24.4. The molecule has 0 aromatic carbocycles. The molecule has 0 saturated heterocycles. The van der Waals surface area contributed by atoms with Crippen molar-refractivity contribution < 1.29 is 9.94 Å². The molecule has 0 spiro atoms. The van der Waals surface area contributed by atoms with Gasteiger partial charge in [0, 0.05) is 0 Å². The van der Waals surface area contributed by atoms with E-state index in [0.717, 1.165) is 25.7 Å². The summed E-state index contributed by atoms with van der Waals surface area (Å²) < 4.78 is 0. The first kappa shape index (κ1) is 12.9. The van der Waals surface area contributed by atoms with Gasteiger partial charge in [0.25, 0.3) is 0 Å². The van der Waals surface area contributed by atoms with E-state index in [9.17, 15) is 0 Å². The van der Waals surface area contributed by atoms with Crippen molar-refractivity contribution in [1.29, 1.82) is 0 Å². The molecule has 0 amide bonds. The van der Waals surface area contributed by atoms with Crippen LogP contribution in [0.1, 0.15) is 64.2 Å². The number of nitrogens with two attached hydrogens (primary N) is 1. The molecular formula is C12H25NO2. The lowest BCUT2D eigenvalue weighted by atomic mass is 9.98. The Hall–Kier alpha value is -0.120. The lowest BCUT2D eigenvalue weighted by Crippen LogP contribution is -2.19. The third-order valence-corrected chi connectivity index (χ3v) is 3.32. The molecule has 0 aromatic heterocycles. The second-order valence-electron chi connectivity index (χ2n) is 4.69. The summed E-state index contributed by atoms with van der Waals surface area (Å²) in [5.41, 5.74) is 0. The molecule has 3 heteroatoms. The summed E-state index contributed by atoms with van der Waals surface area (Å²) in [6.45, 7) is 0. The van der Waals surface area contributed by atoms with Gasteiger partial charge in [-0.3, -0.25) is 0 Å². The van der Waals surface area contributed by atoms with E-state index in [1.807, 2.05) is 0 Å². The Balaban J connectivity index is 0.000000151. The van der Waals surface area contributed by atoms with Crippen molar-refractivity contribution >= 4 is 0 Å². The first-order valence-corrected chi connectivity index (χ1v) is 6.36. The van der Waals surface area contributed by atoms with Crippen molar-refractivity contribution in [2.75, 3.05) is 0 Å². The molecule has 2 aliphatic rings. The molecule has 2 saturated carbocycles. The van der Waals surface area contributed by atoms with E-state index in [4.69, 9.17) is 15.8 Å². The van der Waals surface area contributed by atoms with E-state index in [2.05, 4.69) is 0 Å². The molecule has 0 heterocycles. The number of rotatable bonds is 1. The highest BCUT2D eigenvalue weighted by Gasteiger charge is 2.11. The summed E-state index contributed by atoms with van der Waals surface area (Å²) in [5.74, 6) is 5.00. The van der Waals surface area contributed by atoms with Gasteiger partial charge in [-0.15, -0.1) is 0 Å². The zero-order valence-electron chi connectivity index (χ0n) is 9.66. The second-order valence-corrected chi connectivity index (χ2v) is 4.69. The quantitative estimate of drug-likeness (QED) is 0.661. The summed E-state index contributed by atoms with van der Waals surface area (Å²) in [6.07, 6.45) is 12.6. The molecule has 0 aliphatic heterocycles. The fourth-order valence-corrected chi connectivity index (χ4v) is 2.28. The summed E-state index contributed by atoms with van der Waals surface area (Å²) in [5, 5.41) is 8.91. The van der Waals surface area contributed by atoms with E-state index >= 15 is 0 Å². The van der Waals surface area contributed by atoms with Gasteiger partial charge >= 0.3 is 0 Å². The Labute approximate surface area is 92.9 Å². The largest absolute Gasteiger partial charge is 0.393 e. The molecule has 15 heavy (non-hydrogen) atoms. The molecule has 0 aromatic rings. The van der Waals surface area contributed by atoms with Crippen LogP contribution in [0.4, 0.5) is 0 Å². The van der Waals surface area contributed by atoms with Gasteiger partial charge in [0.15, 0.2) is 0 Å². The van der Waals surface area contributed by atoms with Gasteiger partial charge in [-0.05, 0) is 25.7 Å². The molecule has 3 nitrogen and oxygen atoms in total. The number of hydrogen-bond acceptors (Lipinski definition) is 3. The van der Waals surface area contributed by atoms with Gasteiger partial charge in [-0.1, -0.05) is 38.5 Å². The summed E-state index contributed by atoms with van der Waals surface area (Å²) in [6, 6.07) is 0. The predicted molar refractivity (Wildman–Crippen MR) is 61.2 cm³/mol. The van der Waals surface area contributed by atoms with Crippen LogP contribution in [0.5, 0.6) is 0 Å². The molecule has 0 atom stereocenters. The van der Waals surface area contributed by atoms with Gasteiger partial charge < -0.3 is 9.94 Å². The van der Waals surface area contributed by atoms with Crippen LogP contribution in [0.3, 0.4) is 0 Å². The highest BCUT2D eigenvalue weighted by molar-refractivity contribution is 4.63. The third-order valence-electron chi connectivity index (χ3n) is 3.32. The lowest BCUT2D eigenvalue weighted by molar-refractivity contribution is 0.0279. The smallest absolute Gasteiger partial charge is 0.0787 e. The highest BCUT2D eigenvalue weighted by atomic mass is 16.6. The van der Waals surface area contributed by atoms with Gasteiger partial charge in [0.2, 0.25) is 0 Å².